The van der Waals surface area contributed by atoms with E-state index < -0.39 is 0 Å². The molecule has 0 aliphatic carbocycles. The Labute approximate surface area is 69.6 Å². The van der Waals surface area contributed by atoms with Crippen LogP contribution in [-0.4, -0.2) is 21.1 Å². The van der Waals surface area contributed by atoms with E-state index in [1.807, 2.05) is 0 Å². The van der Waals surface area contributed by atoms with Gasteiger partial charge in [-0.25, -0.2) is 0 Å². The van der Waals surface area contributed by atoms with E-state index in [0.717, 1.165) is 9.35 Å². The molecule has 0 atom stereocenters. The van der Waals surface area contributed by atoms with Crippen molar-refractivity contribution < 1.29 is 0 Å². The van der Waals surface area contributed by atoms with Gasteiger partial charge in [0.1, 0.15) is 0 Å². The summed E-state index contributed by atoms with van der Waals surface area (Å²) in [4.78, 5) is 0. The van der Waals surface area contributed by atoms with Crippen molar-refractivity contribution in [1.29, 1.82) is 0 Å². The third kappa shape index (κ3) is 3.49. The third-order valence-corrected chi connectivity index (χ3v) is 7.33. The van der Waals surface area contributed by atoms with Crippen molar-refractivity contribution in [2.75, 3.05) is 0 Å². The quantitative estimate of drug-likeness (QED) is 0.657. The van der Waals surface area contributed by atoms with Gasteiger partial charge in [0.15, 0.2) is 0 Å². The van der Waals surface area contributed by atoms with E-state index in [1.54, 1.807) is 0 Å². The average Bonchev–Trinajstić information content (AvgIpc) is 1.65. The standard InChI is InChI=1S/C6H13.C2H5.Sn/c1-5(2)6(3)4;1-2;/h5H,1-4H3;1H2,2H3;. The van der Waals surface area contributed by atoms with Gasteiger partial charge in [0.05, 0.1) is 0 Å². The van der Waals surface area contributed by atoms with E-state index >= 15 is 0 Å². The molecule has 0 spiro atoms. The number of hydrogen-bond acceptors (Lipinski definition) is 0. The summed E-state index contributed by atoms with van der Waals surface area (Å²) >= 11 is -0.0554. The monoisotopic (exact) mass is 234 g/mol. The summed E-state index contributed by atoms with van der Waals surface area (Å²) in [6.07, 6.45) is 0. The topological polar surface area (TPSA) is 0 Å². The second-order valence-electron chi connectivity index (χ2n) is 3.41. The van der Waals surface area contributed by atoms with Crippen molar-refractivity contribution in [2.45, 2.75) is 42.5 Å². The Bertz CT molecular complexity index is 74.6. The van der Waals surface area contributed by atoms with E-state index in [4.69, 9.17) is 0 Å². The zero-order chi connectivity index (χ0) is 7.49. The first-order chi connectivity index (χ1) is 4.00. The van der Waals surface area contributed by atoms with Crippen molar-refractivity contribution >= 4 is 21.1 Å². The van der Waals surface area contributed by atoms with Crippen LogP contribution in [0.25, 0.3) is 0 Å². The Hall–Kier alpha value is 0.799. The van der Waals surface area contributed by atoms with Crippen LogP contribution in [0.15, 0.2) is 0 Å². The second-order valence-corrected chi connectivity index (χ2v) is 10.1. The van der Waals surface area contributed by atoms with E-state index in [-0.39, 0.29) is 21.1 Å². The molecule has 0 aromatic rings. The van der Waals surface area contributed by atoms with Gasteiger partial charge in [-0.1, -0.05) is 0 Å². The maximum atomic E-state index is 2.42. The predicted octanol–water partition coefficient (Wildman–Crippen LogP) is 2.98. The molecule has 0 saturated heterocycles. The minimum absolute atomic E-state index is 0.0554. The summed E-state index contributed by atoms with van der Waals surface area (Å²) in [5, 5.41) is 0. The summed E-state index contributed by atoms with van der Waals surface area (Å²) in [7, 11) is 0. The van der Waals surface area contributed by atoms with E-state index in [1.165, 1.54) is 4.44 Å². The Kier molecular flexibility index (Phi) is 4.19. The van der Waals surface area contributed by atoms with Gasteiger partial charge in [0.2, 0.25) is 0 Å². The number of rotatable bonds is 3. The molecule has 0 fully saturated rings. The molecule has 0 saturated carbocycles. The zero-order valence-electron chi connectivity index (χ0n) is 7.28. The summed E-state index contributed by atoms with van der Waals surface area (Å²) in [6, 6.07) is 0. The van der Waals surface area contributed by atoms with Crippen LogP contribution < -0.4 is 0 Å². The average molecular weight is 233 g/mol. The Balaban J connectivity index is 3.70. The van der Waals surface area contributed by atoms with Crippen LogP contribution in [0, 0.1) is 5.92 Å². The molecule has 0 aliphatic rings. The fourth-order valence-electron chi connectivity index (χ4n) is 0.660. The summed E-state index contributed by atoms with van der Waals surface area (Å²) in [6.45, 7) is 11.9. The van der Waals surface area contributed by atoms with Crippen molar-refractivity contribution in [2.24, 2.45) is 5.92 Å². The molecule has 0 aliphatic heterocycles. The van der Waals surface area contributed by atoms with Gasteiger partial charge < -0.3 is 0 Å². The fraction of sp³-hybridized carbons (Fsp3) is 1.00. The fourth-order valence-corrected chi connectivity index (χ4v) is 4.43. The molecule has 54 valence electrons. The SMILES string of the molecule is C[CH2][Sn][C](C)(C)C(C)C. The molecule has 1 heteroatoms. The van der Waals surface area contributed by atoms with E-state index in [9.17, 15) is 0 Å². The van der Waals surface area contributed by atoms with E-state index in [0.29, 0.717) is 0 Å². The molecule has 0 N–H and O–H groups in total. The molecule has 0 amide bonds. The van der Waals surface area contributed by atoms with Crippen molar-refractivity contribution in [3.05, 3.63) is 0 Å². The van der Waals surface area contributed by atoms with Gasteiger partial charge in [0.25, 0.3) is 0 Å². The van der Waals surface area contributed by atoms with Gasteiger partial charge in [-0.3, -0.25) is 0 Å². The molecule has 2 radical (unpaired) electrons. The molecule has 0 heterocycles. The van der Waals surface area contributed by atoms with Gasteiger partial charge in [-0.15, -0.1) is 0 Å². The Morgan fingerprint density at radius 1 is 1.33 bits per heavy atom. The van der Waals surface area contributed by atoms with Crippen LogP contribution in [0.2, 0.25) is 7.87 Å². The van der Waals surface area contributed by atoms with Crippen molar-refractivity contribution in [1.82, 2.24) is 0 Å². The van der Waals surface area contributed by atoms with Crippen LogP contribution in [0.1, 0.15) is 34.6 Å². The summed E-state index contributed by atoms with van der Waals surface area (Å²) in [5.74, 6) is 0.893. The van der Waals surface area contributed by atoms with Gasteiger partial charge in [-0.2, -0.15) is 0 Å². The normalized spacial score (nSPS) is 12.7. The second kappa shape index (κ2) is 3.84. The first-order valence-corrected chi connectivity index (χ1v) is 7.20. The third-order valence-electron chi connectivity index (χ3n) is 2.08. The molecular formula is C8H18Sn. The van der Waals surface area contributed by atoms with Gasteiger partial charge in [0, 0.05) is 0 Å². The summed E-state index contributed by atoms with van der Waals surface area (Å²) in [5.41, 5.74) is 0. The van der Waals surface area contributed by atoms with E-state index in [2.05, 4.69) is 34.6 Å². The molecule has 9 heavy (non-hydrogen) atoms. The molecule has 0 rings (SSSR count). The molecule has 0 nitrogen and oxygen atoms in total. The molecular weight excluding hydrogens is 215 g/mol. The molecule has 0 aromatic heterocycles. The Morgan fingerprint density at radius 3 is 1.89 bits per heavy atom. The van der Waals surface area contributed by atoms with Crippen molar-refractivity contribution in [3.63, 3.8) is 0 Å². The van der Waals surface area contributed by atoms with Gasteiger partial charge >= 0.3 is 69.5 Å². The maximum absolute atomic E-state index is 2.42. The number of hydrogen-bond donors (Lipinski definition) is 0. The van der Waals surface area contributed by atoms with Crippen LogP contribution in [0.5, 0.6) is 0 Å². The molecule has 0 aromatic carbocycles. The molecule has 0 unspecified atom stereocenters. The van der Waals surface area contributed by atoms with Crippen LogP contribution in [0.4, 0.5) is 0 Å². The predicted molar refractivity (Wildman–Crippen MR) is 45.1 cm³/mol. The minimum atomic E-state index is -0.0554. The summed E-state index contributed by atoms with van der Waals surface area (Å²) < 4.78 is 2.20. The Morgan fingerprint density at radius 2 is 1.78 bits per heavy atom. The zero-order valence-corrected chi connectivity index (χ0v) is 10.1. The van der Waals surface area contributed by atoms with Crippen LogP contribution in [0.3, 0.4) is 0 Å². The first-order valence-electron chi connectivity index (χ1n) is 3.75. The van der Waals surface area contributed by atoms with Gasteiger partial charge in [-0.05, 0) is 0 Å². The van der Waals surface area contributed by atoms with Crippen molar-refractivity contribution in [3.8, 4) is 0 Å². The first kappa shape index (κ1) is 9.80. The molecule has 0 bridgehead atoms. The van der Waals surface area contributed by atoms with Crippen LogP contribution in [-0.2, 0) is 0 Å². The van der Waals surface area contributed by atoms with Crippen LogP contribution >= 0.6 is 0 Å².